The molecule has 0 radical (unpaired) electrons. The van der Waals surface area contributed by atoms with Crippen molar-refractivity contribution >= 4 is 23.5 Å². The third-order valence-corrected chi connectivity index (χ3v) is 5.08. The molecule has 1 amide bonds. The summed E-state index contributed by atoms with van der Waals surface area (Å²) in [7, 11) is 0. The molecular formula is C22H24ClNO4. The number of hydrogen-bond acceptors (Lipinski definition) is 4. The highest BCUT2D eigenvalue weighted by Gasteiger charge is 2.28. The normalized spacial score (nSPS) is 14.6. The van der Waals surface area contributed by atoms with Gasteiger partial charge in [-0.05, 0) is 56.2 Å². The predicted octanol–water partition coefficient (Wildman–Crippen LogP) is 4.12. The Labute approximate surface area is 170 Å². The zero-order valence-corrected chi connectivity index (χ0v) is 16.7. The summed E-state index contributed by atoms with van der Waals surface area (Å²) in [6.07, 6.45) is 1.22. The van der Waals surface area contributed by atoms with Gasteiger partial charge in [0.05, 0.1) is 5.92 Å². The molecule has 148 valence electrons. The first-order chi connectivity index (χ1) is 13.5. The highest BCUT2D eigenvalue weighted by atomic mass is 35.5. The number of benzene rings is 2. The molecule has 1 fully saturated rings. The number of rotatable bonds is 6. The number of nitrogens with zero attached hydrogens (tertiary/aromatic N) is 1. The van der Waals surface area contributed by atoms with Crippen LogP contribution in [0.5, 0.6) is 5.75 Å². The molecule has 0 saturated carbocycles. The van der Waals surface area contributed by atoms with E-state index in [0.717, 1.165) is 5.75 Å². The van der Waals surface area contributed by atoms with Crippen LogP contribution < -0.4 is 4.74 Å². The predicted molar refractivity (Wildman–Crippen MR) is 108 cm³/mol. The molecule has 0 atom stereocenters. The smallest absolute Gasteiger partial charge is 0.309 e. The van der Waals surface area contributed by atoms with Gasteiger partial charge >= 0.3 is 5.97 Å². The SMILES string of the molecule is Cc1ccc(OCCOC(=O)C2CCN(C(=O)c3ccc(Cl)cc3)CC2)cc1. The van der Waals surface area contributed by atoms with Crippen molar-refractivity contribution in [2.24, 2.45) is 5.92 Å². The van der Waals surface area contributed by atoms with Gasteiger partial charge in [0, 0.05) is 23.7 Å². The van der Waals surface area contributed by atoms with Crippen LogP contribution in [0, 0.1) is 12.8 Å². The Kier molecular flexibility index (Phi) is 6.93. The molecule has 5 nitrogen and oxygen atoms in total. The van der Waals surface area contributed by atoms with Crippen LogP contribution in [0.2, 0.25) is 5.02 Å². The third-order valence-electron chi connectivity index (χ3n) is 4.82. The molecule has 0 N–H and O–H groups in total. The molecule has 6 heteroatoms. The van der Waals surface area contributed by atoms with E-state index in [2.05, 4.69) is 0 Å². The molecule has 1 aliphatic rings. The van der Waals surface area contributed by atoms with Crippen molar-refractivity contribution in [1.82, 2.24) is 4.90 Å². The fourth-order valence-electron chi connectivity index (χ4n) is 3.15. The van der Waals surface area contributed by atoms with Gasteiger partial charge in [-0.1, -0.05) is 29.3 Å². The van der Waals surface area contributed by atoms with E-state index in [0.29, 0.717) is 43.1 Å². The monoisotopic (exact) mass is 401 g/mol. The molecule has 2 aromatic rings. The molecule has 0 unspecified atom stereocenters. The van der Waals surface area contributed by atoms with Crippen LogP contribution >= 0.6 is 11.6 Å². The fourth-order valence-corrected chi connectivity index (χ4v) is 3.27. The van der Waals surface area contributed by atoms with E-state index < -0.39 is 0 Å². The highest BCUT2D eigenvalue weighted by molar-refractivity contribution is 6.30. The Morgan fingerprint density at radius 1 is 1.00 bits per heavy atom. The van der Waals surface area contributed by atoms with Crippen molar-refractivity contribution in [2.75, 3.05) is 26.3 Å². The molecule has 2 aromatic carbocycles. The standard InChI is InChI=1S/C22H24ClNO4/c1-16-2-8-20(9-3-16)27-14-15-28-22(26)18-10-12-24(13-11-18)21(25)17-4-6-19(23)7-5-17/h2-9,18H,10-15H2,1H3. The summed E-state index contributed by atoms with van der Waals surface area (Å²) in [6.45, 7) is 3.64. The van der Waals surface area contributed by atoms with E-state index in [9.17, 15) is 9.59 Å². The largest absolute Gasteiger partial charge is 0.490 e. The lowest BCUT2D eigenvalue weighted by molar-refractivity contribution is -0.150. The number of ether oxygens (including phenoxy) is 2. The Balaban J connectivity index is 1.38. The molecule has 1 aliphatic heterocycles. The average molecular weight is 402 g/mol. The van der Waals surface area contributed by atoms with E-state index in [1.807, 2.05) is 31.2 Å². The summed E-state index contributed by atoms with van der Waals surface area (Å²) < 4.78 is 10.9. The van der Waals surface area contributed by atoms with Gasteiger partial charge < -0.3 is 14.4 Å². The van der Waals surface area contributed by atoms with Gasteiger partial charge in [-0.15, -0.1) is 0 Å². The number of likely N-dealkylation sites (tertiary alicyclic amines) is 1. The number of carbonyl (C=O) groups excluding carboxylic acids is 2. The van der Waals surface area contributed by atoms with Crippen LogP contribution in [0.1, 0.15) is 28.8 Å². The van der Waals surface area contributed by atoms with E-state index >= 15 is 0 Å². The number of hydrogen-bond donors (Lipinski definition) is 0. The number of esters is 1. The molecule has 0 aliphatic carbocycles. The van der Waals surface area contributed by atoms with Crippen LogP contribution in [0.4, 0.5) is 0 Å². The van der Waals surface area contributed by atoms with Gasteiger partial charge in [0.25, 0.3) is 5.91 Å². The second kappa shape index (κ2) is 9.60. The van der Waals surface area contributed by atoms with Crippen LogP contribution in [-0.4, -0.2) is 43.1 Å². The first kappa shape index (κ1) is 20.2. The van der Waals surface area contributed by atoms with Crippen LogP contribution in [0.3, 0.4) is 0 Å². The minimum absolute atomic E-state index is 0.0324. The maximum absolute atomic E-state index is 12.5. The van der Waals surface area contributed by atoms with Crippen molar-refractivity contribution in [3.05, 3.63) is 64.7 Å². The summed E-state index contributed by atoms with van der Waals surface area (Å²) >= 11 is 5.86. The first-order valence-electron chi connectivity index (χ1n) is 9.44. The molecular weight excluding hydrogens is 378 g/mol. The lowest BCUT2D eigenvalue weighted by Crippen LogP contribution is -2.40. The van der Waals surface area contributed by atoms with Gasteiger partial charge in [-0.2, -0.15) is 0 Å². The molecule has 1 saturated heterocycles. The Bertz CT molecular complexity index is 796. The summed E-state index contributed by atoms with van der Waals surface area (Å²) in [4.78, 5) is 26.5. The molecule has 3 rings (SSSR count). The fraction of sp³-hybridized carbons (Fsp3) is 0.364. The summed E-state index contributed by atoms with van der Waals surface area (Å²) in [5, 5.41) is 0.601. The van der Waals surface area contributed by atoms with Gasteiger partial charge in [0.2, 0.25) is 0 Å². The number of aryl methyl sites for hydroxylation is 1. The van der Waals surface area contributed by atoms with Gasteiger partial charge in [-0.3, -0.25) is 9.59 Å². The Morgan fingerprint density at radius 3 is 2.29 bits per heavy atom. The average Bonchev–Trinajstić information content (AvgIpc) is 2.72. The zero-order chi connectivity index (χ0) is 19.9. The van der Waals surface area contributed by atoms with Crippen LogP contribution in [-0.2, 0) is 9.53 Å². The van der Waals surface area contributed by atoms with E-state index in [4.69, 9.17) is 21.1 Å². The molecule has 0 bridgehead atoms. The number of amides is 1. The molecule has 0 spiro atoms. The van der Waals surface area contributed by atoms with Gasteiger partial charge in [0.1, 0.15) is 19.0 Å². The first-order valence-corrected chi connectivity index (χ1v) is 9.81. The van der Waals surface area contributed by atoms with Crippen LogP contribution in [0.15, 0.2) is 48.5 Å². The maximum Gasteiger partial charge on any atom is 0.309 e. The summed E-state index contributed by atoms with van der Waals surface area (Å²) in [5.74, 6) is 0.338. The molecule has 28 heavy (non-hydrogen) atoms. The van der Waals surface area contributed by atoms with E-state index in [1.54, 1.807) is 29.2 Å². The van der Waals surface area contributed by atoms with Crippen molar-refractivity contribution in [2.45, 2.75) is 19.8 Å². The second-order valence-corrected chi connectivity index (χ2v) is 7.34. The van der Waals surface area contributed by atoms with Gasteiger partial charge in [0.15, 0.2) is 0 Å². The number of carbonyl (C=O) groups is 2. The number of halogens is 1. The summed E-state index contributed by atoms with van der Waals surface area (Å²) in [5.41, 5.74) is 1.78. The van der Waals surface area contributed by atoms with Crippen molar-refractivity contribution in [3.63, 3.8) is 0 Å². The van der Waals surface area contributed by atoms with E-state index in [1.165, 1.54) is 5.56 Å². The van der Waals surface area contributed by atoms with E-state index in [-0.39, 0.29) is 24.4 Å². The van der Waals surface area contributed by atoms with Crippen molar-refractivity contribution < 1.29 is 19.1 Å². The highest BCUT2D eigenvalue weighted by Crippen LogP contribution is 2.21. The third kappa shape index (κ3) is 5.49. The second-order valence-electron chi connectivity index (χ2n) is 6.90. The topological polar surface area (TPSA) is 55.8 Å². The quantitative estimate of drug-likeness (QED) is 0.539. The van der Waals surface area contributed by atoms with Gasteiger partial charge in [-0.25, -0.2) is 0 Å². The minimum atomic E-state index is -0.217. The van der Waals surface area contributed by atoms with Crippen LogP contribution in [0.25, 0.3) is 0 Å². The summed E-state index contributed by atoms with van der Waals surface area (Å²) in [6, 6.07) is 14.6. The Morgan fingerprint density at radius 2 is 1.64 bits per heavy atom. The lowest BCUT2D eigenvalue weighted by atomic mass is 9.96. The lowest BCUT2D eigenvalue weighted by Gasteiger charge is -2.31. The van der Waals surface area contributed by atoms with Crippen molar-refractivity contribution in [1.29, 1.82) is 0 Å². The molecule has 1 heterocycles. The minimum Gasteiger partial charge on any atom is -0.490 e. The van der Waals surface area contributed by atoms with Crippen molar-refractivity contribution in [3.8, 4) is 5.75 Å². The maximum atomic E-state index is 12.5. The zero-order valence-electron chi connectivity index (χ0n) is 15.9. The molecule has 0 aromatic heterocycles. The number of piperidine rings is 1. The Hall–Kier alpha value is -2.53.